The van der Waals surface area contributed by atoms with Crippen LogP contribution in [0, 0.1) is 0 Å². The zero-order chi connectivity index (χ0) is 18.1. The number of hydrogen-bond donors (Lipinski definition) is 2. The lowest BCUT2D eigenvalue weighted by molar-refractivity contribution is -0.139. The fourth-order valence-corrected chi connectivity index (χ4v) is 2.14. The molecule has 0 aliphatic heterocycles. The molecule has 1 aromatic carbocycles. The van der Waals surface area contributed by atoms with Gasteiger partial charge in [-0.15, -0.1) is 0 Å². The van der Waals surface area contributed by atoms with E-state index in [1.165, 1.54) is 0 Å². The van der Waals surface area contributed by atoms with E-state index in [1.54, 1.807) is 30.5 Å². The minimum atomic E-state index is -1.04. The number of ether oxygens (including phenoxy) is 1. The summed E-state index contributed by atoms with van der Waals surface area (Å²) < 4.78 is 5.04. The number of hydrogen-bond acceptors (Lipinski definition) is 6. The number of anilines is 1. The van der Waals surface area contributed by atoms with Crippen LogP contribution in [0.4, 0.5) is 5.82 Å². The van der Waals surface area contributed by atoms with Crippen LogP contribution in [0.5, 0.6) is 5.75 Å². The zero-order valence-corrected chi connectivity index (χ0v) is 14.0. The number of benzene rings is 1. The van der Waals surface area contributed by atoms with Crippen molar-refractivity contribution in [2.45, 2.75) is 0 Å². The van der Waals surface area contributed by atoms with Gasteiger partial charge in [-0.05, 0) is 43.4 Å². The first-order chi connectivity index (χ1) is 12.0. The van der Waals surface area contributed by atoms with E-state index in [9.17, 15) is 9.59 Å². The molecule has 2 N–H and O–H groups in total. The standard InChI is InChI=1S/C18H21N3O4/c1-21(11-10-20-17-4-2-3-9-19-17)12-16(22)14-5-7-15(8-6-14)25-13-18(23)24/h2-9H,10-13H2,1H3,(H,19,20)(H,23,24). The molecule has 0 aliphatic carbocycles. The molecular weight excluding hydrogens is 322 g/mol. The normalized spacial score (nSPS) is 10.5. The lowest BCUT2D eigenvalue weighted by atomic mass is 10.1. The maximum atomic E-state index is 12.3. The topological polar surface area (TPSA) is 91.8 Å². The second-order valence-corrected chi connectivity index (χ2v) is 5.51. The quantitative estimate of drug-likeness (QED) is 0.635. The fraction of sp³-hybridized carbons (Fsp3) is 0.278. The Bertz CT molecular complexity index is 689. The molecule has 0 saturated carbocycles. The number of rotatable bonds is 10. The first kappa shape index (κ1) is 18.4. The van der Waals surface area contributed by atoms with Crippen molar-refractivity contribution >= 4 is 17.6 Å². The van der Waals surface area contributed by atoms with Gasteiger partial charge in [-0.1, -0.05) is 6.07 Å². The Kier molecular flexibility index (Phi) is 6.91. The average molecular weight is 343 g/mol. The number of Topliss-reactive ketones (excluding diaryl/α,β-unsaturated/α-hetero) is 1. The molecule has 0 spiro atoms. The van der Waals surface area contributed by atoms with Gasteiger partial charge in [-0.3, -0.25) is 9.69 Å². The summed E-state index contributed by atoms with van der Waals surface area (Å²) >= 11 is 0. The Morgan fingerprint density at radius 3 is 2.60 bits per heavy atom. The molecule has 132 valence electrons. The fourth-order valence-electron chi connectivity index (χ4n) is 2.14. The van der Waals surface area contributed by atoms with E-state index in [-0.39, 0.29) is 5.78 Å². The van der Waals surface area contributed by atoms with E-state index in [0.717, 1.165) is 5.82 Å². The van der Waals surface area contributed by atoms with Crippen molar-refractivity contribution in [3.8, 4) is 5.75 Å². The molecule has 0 aliphatic rings. The van der Waals surface area contributed by atoms with Crippen LogP contribution >= 0.6 is 0 Å². The zero-order valence-electron chi connectivity index (χ0n) is 14.0. The highest BCUT2D eigenvalue weighted by Gasteiger charge is 2.10. The maximum Gasteiger partial charge on any atom is 0.341 e. The van der Waals surface area contributed by atoms with Gasteiger partial charge in [0.1, 0.15) is 11.6 Å². The largest absolute Gasteiger partial charge is 0.482 e. The SMILES string of the molecule is CN(CCNc1ccccn1)CC(=O)c1ccc(OCC(=O)O)cc1. The second-order valence-electron chi connectivity index (χ2n) is 5.51. The van der Waals surface area contributed by atoms with E-state index in [2.05, 4.69) is 10.3 Å². The number of pyridine rings is 1. The number of aliphatic carboxylic acids is 1. The highest BCUT2D eigenvalue weighted by Crippen LogP contribution is 2.13. The highest BCUT2D eigenvalue weighted by molar-refractivity contribution is 5.97. The number of carboxylic acids is 1. The summed E-state index contributed by atoms with van der Waals surface area (Å²) in [5.41, 5.74) is 0.562. The van der Waals surface area contributed by atoms with Crippen molar-refractivity contribution in [3.63, 3.8) is 0 Å². The van der Waals surface area contributed by atoms with E-state index < -0.39 is 12.6 Å². The molecule has 2 aromatic rings. The monoisotopic (exact) mass is 343 g/mol. The van der Waals surface area contributed by atoms with Gasteiger partial charge in [-0.2, -0.15) is 0 Å². The molecule has 25 heavy (non-hydrogen) atoms. The summed E-state index contributed by atoms with van der Waals surface area (Å²) in [6.07, 6.45) is 1.72. The third-order valence-electron chi connectivity index (χ3n) is 3.42. The molecule has 0 saturated heterocycles. The summed E-state index contributed by atoms with van der Waals surface area (Å²) in [6.45, 7) is 1.27. The van der Waals surface area contributed by atoms with Crippen LogP contribution in [0.2, 0.25) is 0 Å². The lowest BCUT2D eigenvalue weighted by Crippen LogP contribution is -2.30. The minimum Gasteiger partial charge on any atom is -0.482 e. The summed E-state index contributed by atoms with van der Waals surface area (Å²) in [6, 6.07) is 12.1. The first-order valence-electron chi connectivity index (χ1n) is 7.86. The number of carbonyl (C=O) groups excluding carboxylic acids is 1. The Hall–Kier alpha value is -2.93. The van der Waals surface area contributed by atoms with E-state index in [0.29, 0.717) is 30.9 Å². The lowest BCUT2D eigenvalue weighted by Gasteiger charge is -2.16. The Morgan fingerprint density at radius 2 is 1.96 bits per heavy atom. The third kappa shape index (κ3) is 6.60. The van der Waals surface area contributed by atoms with Gasteiger partial charge < -0.3 is 15.2 Å². The van der Waals surface area contributed by atoms with Crippen LogP contribution in [0.3, 0.4) is 0 Å². The van der Waals surface area contributed by atoms with Gasteiger partial charge >= 0.3 is 5.97 Å². The molecule has 2 rings (SSSR count). The number of likely N-dealkylation sites (N-methyl/N-ethyl adjacent to an activating group) is 1. The summed E-state index contributed by atoms with van der Waals surface area (Å²) in [7, 11) is 1.88. The summed E-state index contributed by atoms with van der Waals surface area (Å²) in [4.78, 5) is 28.8. The Morgan fingerprint density at radius 1 is 1.20 bits per heavy atom. The van der Waals surface area contributed by atoms with Crippen LogP contribution in [0.25, 0.3) is 0 Å². The number of carbonyl (C=O) groups is 2. The molecular formula is C18H21N3O4. The second kappa shape index (κ2) is 9.39. The van der Waals surface area contributed by atoms with Gasteiger partial charge in [0.2, 0.25) is 0 Å². The maximum absolute atomic E-state index is 12.3. The number of nitrogens with zero attached hydrogens (tertiary/aromatic N) is 2. The average Bonchev–Trinajstić information content (AvgIpc) is 2.61. The van der Waals surface area contributed by atoms with Gasteiger partial charge in [0.25, 0.3) is 0 Å². The van der Waals surface area contributed by atoms with Gasteiger partial charge in [0.15, 0.2) is 12.4 Å². The van der Waals surface area contributed by atoms with Crippen LogP contribution < -0.4 is 10.1 Å². The molecule has 0 unspecified atom stereocenters. The summed E-state index contributed by atoms with van der Waals surface area (Å²) in [5.74, 6) is 0.178. The molecule has 0 radical (unpaired) electrons. The molecule has 0 atom stereocenters. The van der Waals surface area contributed by atoms with Crippen molar-refractivity contribution in [1.29, 1.82) is 0 Å². The number of nitrogens with one attached hydrogen (secondary N) is 1. The van der Waals surface area contributed by atoms with Gasteiger partial charge in [0, 0.05) is 24.8 Å². The third-order valence-corrected chi connectivity index (χ3v) is 3.42. The molecule has 0 amide bonds. The molecule has 7 heteroatoms. The van der Waals surface area contributed by atoms with Crippen molar-refractivity contribution in [2.24, 2.45) is 0 Å². The van der Waals surface area contributed by atoms with Crippen LogP contribution in [-0.4, -0.2) is 60.0 Å². The smallest absolute Gasteiger partial charge is 0.341 e. The Balaban J connectivity index is 1.75. The predicted molar refractivity (Wildman–Crippen MR) is 94.1 cm³/mol. The molecule has 7 nitrogen and oxygen atoms in total. The number of ketones is 1. The van der Waals surface area contributed by atoms with Crippen LogP contribution in [0.1, 0.15) is 10.4 Å². The number of carboxylic acid groups (broad SMARTS) is 1. The Labute approximate surface area is 146 Å². The van der Waals surface area contributed by atoms with Crippen LogP contribution in [-0.2, 0) is 4.79 Å². The minimum absolute atomic E-state index is 0.00915. The first-order valence-corrected chi connectivity index (χ1v) is 7.86. The van der Waals surface area contributed by atoms with E-state index in [1.807, 2.05) is 30.1 Å². The molecule has 0 fully saturated rings. The molecule has 1 aromatic heterocycles. The molecule has 0 bridgehead atoms. The highest BCUT2D eigenvalue weighted by atomic mass is 16.5. The van der Waals surface area contributed by atoms with Gasteiger partial charge in [-0.25, -0.2) is 9.78 Å². The molecule has 1 heterocycles. The number of aromatic nitrogens is 1. The van der Waals surface area contributed by atoms with Crippen molar-refractivity contribution in [1.82, 2.24) is 9.88 Å². The van der Waals surface area contributed by atoms with Crippen molar-refractivity contribution in [2.75, 3.05) is 38.6 Å². The predicted octanol–water partition coefficient (Wildman–Crippen LogP) is 1.77. The van der Waals surface area contributed by atoms with Gasteiger partial charge in [0.05, 0.1) is 6.54 Å². The summed E-state index contributed by atoms with van der Waals surface area (Å²) in [5, 5.41) is 11.8. The van der Waals surface area contributed by atoms with E-state index >= 15 is 0 Å². The van der Waals surface area contributed by atoms with Crippen molar-refractivity contribution in [3.05, 3.63) is 54.2 Å². The van der Waals surface area contributed by atoms with E-state index in [4.69, 9.17) is 9.84 Å². The van der Waals surface area contributed by atoms with Crippen molar-refractivity contribution < 1.29 is 19.4 Å². The van der Waals surface area contributed by atoms with Crippen LogP contribution in [0.15, 0.2) is 48.7 Å².